The SMILES string of the molecule is Cc1ccc(C2CCCCCN2S(=O)(=O)c2ccc(F)c(Cl)c2)s1. The van der Waals surface area contributed by atoms with Gasteiger partial charge in [0.1, 0.15) is 5.82 Å². The fourth-order valence-corrected chi connectivity index (χ4v) is 6.10. The van der Waals surface area contributed by atoms with Gasteiger partial charge in [0.15, 0.2) is 0 Å². The van der Waals surface area contributed by atoms with Crippen LogP contribution < -0.4 is 0 Å². The van der Waals surface area contributed by atoms with Gasteiger partial charge < -0.3 is 0 Å². The second-order valence-electron chi connectivity index (χ2n) is 6.01. The largest absolute Gasteiger partial charge is 0.243 e. The molecule has 0 radical (unpaired) electrons. The van der Waals surface area contributed by atoms with E-state index in [0.717, 1.165) is 41.5 Å². The Kier molecular flexibility index (Phi) is 5.30. The predicted octanol–water partition coefficient (Wildman–Crippen LogP) is 5.16. The molecular formula is C17H19ClFNO2S2. The lowest BCUT2D eigenvalue weighted by Gasteiger charge is -2.28. The van der Waals surface area contributed by atoms with Gasteiger partial charge in [0, 0.05) is 16.3 Å². The Morgan fingerprint density at radius 2 is 2.00 bits per heavy atom. The summed E-state index contributed by atoms with van der Waals surface area (Å²) < 4.78 is 41.3. The molecule has 1 aliphatic heterocycles. The molecule has 0 saturated carbocycles. The molecule has 0 amide bonds. The number of thiophene rings is 1. The van der Waals surface area contributed by atoms with E-state index in [2.05, 4.69) is 0 Å². The van der Waals surface area contributed by atoms with Gasteiger partial charge in [-0.25, -0.2) is 12.8 Å². The van der Waals surface area contributed by atoms with Crippen molar-refractivity contribution in [3.05, 3.63) is 50.9 Å². The highest BCUT2D eigenvalue weighted by Crippen LogP contribution is 2.38. The molecule has 130 valence electrons. The molecule has 2 heterocycles. The van der Waals surface area contributed by atoms with Crippen LogP contribution in [-0.4, -0.2) is 19.3 Å². The molecule has 1 aromatic heterocycles. The van der Waals surface area contributed by atoms with Gasteiger partial charge >= 0.3 is 0 Å². The summed E-state index contributed by atoms with van der Waals surface area (Å²) in [5, 5.41) is -0.172. The van der Waals surface area contributed by atoms with Gasteiger partial charge in [-0.15, -0.1) is 11.3 Å². The molecule has 24 heavy (non-hydrogen) atoms. The highest BCUT2D eigenvalue weighted by Gasteiger charge is 2.34. The lowest BCUT2D eigenvalue weighted by Crippen LogP contribution is -2.34. The van der Waals surface area contributed by atoms with E-state index in [4.69, 9.17) is 11.6 Å². The maximum absolute atomic E-state index is 13.4. The van der Waals surface area contributed by atoms with E-state index in [-0.39, 0.29) is 16.0 Å². The normalized spacial score (nSPS) is 20.0. The summed E-state index contributed by atoms with van der Waals surface area (Å²) >= 11 is 7.42. The molecule has 1 fully saturated rings. The molecule has 3 nitrogen and oxygen atoms in total. The monoisotopic (exact) mass is 387 g/mol. The van der Waals surface area contributed by atoms with E-state index in [1.54, 1.807) is 15.6 Å². The molecule has 2 aromatic rings. The molecule has 0 N–H and O–H groups in total. The number of halogens is 2. The molecule has 1 saturated heterocycles. The van der Waals surface area contributed by atoms with Crippen molar-refractivity contribution in [3.8, 4) is 0 Å². The molecule has 1 aromatic carbocycles. The third-order valence-corrected chi connectivity index (χ3v) is 7.59. The van der Waals surface area contributed by atoms with Crippen LogP contribution in [0.15, 0.2) is 35.2 Å². The third-order valence-electron chi connectivity index (χ3n) is 4.29. The molecule has 1 atom stereocenters. The standard InChI is InChI=1S/C17H19ClFNO2S2/c1-12-6-9-17(23-12)16-5-3-2-4-10-20(16)24(21,22)13-7-8-15(19)14(18)11-13/h6-9,11,16H,2-5,10H2,1H3. The maximum atomic E-state index is 13.4. The zero-order valence-electron chi connectivity index (χ0n) is 13.3. The van der Waals surface area contributed by atoms with E-state index >= 15 is 0 Å². The first-order valence-electron chi connectivity index (χ1n) is 7.93. The quantitative estimate of drug-likeness (QED) is 0.729. The summed E-state index contributed by atoms with van der Waals surface area (Å²) in [4.78, 5) is 2.27. The average Bonchev–Trinajstić information content (AvgIpc) is 2.82. The summed E-state index contributed by atoms with van der Waals surface area (Å²) in [6.45, 7) is 2.49. The number of benzene rings is 1. The second kappa shape index (κ2) is 7.12. The van der Waals surface area contributed by atoms with Gasteiger partial charge in [-0.3, -0.25) is 0 Å². The topological polar surface area (TPSA) is 37.4 Å². The minimum absolute atomic E-state index is 0.0501. The number of hydrogen-bond acceptors (Lipinski definition) is 3. The maximum Gasteiger partial charge on any atom is 0.243 e. The second-order valence-corrected chi connectivity index (χ2v) is 9.62. The van der Waals surface area contributed by atoms with E-state index < -0.39 is 15.8 Å². The van der Waals surface area contributed by atoms with Gasteiger partial charge in [-0.2, -0.15) is 4.31 Å². The van der Waals surface area contributed by atoms with Crippen molar-refractivity contribution < 1.29 is 12.8 Å². The molecular weight excluding hydrogens is 369 g/mol. The number of nitrogens with zero attached hydrogens (tertiary/aromatic N) is 1. The zero-order valence-corrected chi connectivity index (χ0v) is 15.7. The summed E-state index contributed by atoms with van der Waals surface area (Å²) in [7, 11) is -3.72. The van der Waals surface area contributed by atoms with Gasteiger partial charge in [-0.05, 0) is 50.1 Å². The lowest BCUT2D eigenvalue weighted by molar-refractivity contribution is 0.333. The predicted molar refractivity (Wildman–Crippen MR) is 95.6 cm³/mol. The smallest absolute Gasteiger partial charge is 0.207 e. The van der Waals surface area contributed by atoms with Crippen LogP contribution in [0.4, 0.5) is 4.39 Å². The number of sulfonamides is 1. The van der Waals surface area contributed by atoms with Gasteiger partial charge in [0.25, 0.3) is 0 Å². The van der Waals surface area contributed by atoms with Gasteiger partial charge in [-0.1, -0.05) is 24.4 Å². The summed E-state index contributed by atoms with van der Waals surface area (Å²) in [6, 6.07) is 7.46. The van der Waals surface area contributed by atoms with Crippen LogP contribution in [0, 0.1) is 12.7 Å². The molecule has 3 rings (SSSR count). The first-order valence-corrected chi connectivity index (χ1v) is 10.6. The van der Waals surface area contributed by atoms with E-state index in [9.17, 15) is 12.8 Å². The van der Waals surface area contributed by atoms with Crippen LogP contribution in [0.2, 0.25) is 5.02 Å². The first-order chi connectivity index (χ1) is 11.4. The Balaban J connectivity index is 2.02. The summed E-state index contributed by atoms with van der Waals surface area (Å²) in [5.41, 5.74) is 0. The Morgan fingerprint density at radius 1 is 1.21 bits per heavy atom. The van der Waals surface area contributed by atoms with Gasteiger partial charge in [0.2, 0.25) is 10.0 Å². The molecule has 1 aliphatic rings. The van der Waals surface area contributed by atoms with Crippen LogP contribution in [0.25, 0.3) is 0 Å². The lowest BCUT2D eigenvalue weighted by atomic mass is 10.1. The van der Waals surface area contributed by atoms with E-state index in [1.807, 2.05) is 19.1 Å². The van der Waals surface area contributed by atoms with Crippen LogP contribution in [0.3, 0.4) is 0 Å². The van der Waals surface area contributed by atoms with Crippen molar-refractivity contribution in [3.63, 3.8) is 0 Å². The average molecular weight is 388 g/mol. The molecule has 0 aliphatic carbocycles. The third kappa shape index (κ3) is 3.52. The van der Waals surface area contributed by atoms with Crippen LogP contribution >= 0.6 is 22.9 Å². The number of rotatable bonds is 3. The van der Waals surface area contributed by atoms with Gasteiger partial charge in [0.05, 0.1) is 16.0 Å². The van der Waals surface area contributed by atoms with Crippen molar-refractivity contribution in [2.45, 2.75) is 43.5 Å². The van der Waals surface area contributed by atoms with E-state index in [0.29, 0.717) is 6.54 Å². The molecule has 7 heteroatoms. The fraction of sp³-hybridized carbons (Fsp3) is 0.412. The Hall–Kier alpha value is -0.950. The Labute approximate surface area is 151 Å². The van der Waals surface area contributed by atoms with Crippen molar-refractivity contribution in [1.29, 1.82) is 0 Å². The van der Waals surface area contributed by atoms with Crippen molar-refractivity contribution in [2.24, 2.45) is 0 Å². The van der Waals surface area contributed by atoms with Crippen LogP contribution in [0.5, 0.6) is 0 Å². The van der Waals surface area contributed by atoms with Crippen LogP contribution in [-0.2, 0) is 10.0 Å². The zero-order chi connectivity index (χ0) is 17.3. The summed E-state index contributed by atoms with van der Waals surface area (Å²) in [6.07, 6.45) is 3.64. The molecule has 0 bridgehead atoms. The minimum Gasteiger partial charge on any atom is -0.207 e. The number of aryl methyl sites for hydroxylation is 1. The Bertz CT molecular complexity index is 835. The summed E-state index contributed by atoms with van der Waals surface area (Å²) in [5.74, 6) is -0.614. The first kappa shape index (κ1) is 17.9. The Morgan fingerprint density at radius 3 is 2.67 bits per heavy atom. The van der Waals surface area contributed by atoms with Crippen molar-refractivity contribution >= 4 is 33.0 Å². The fourth-order valence-electron chi connectivity index (χ4n) is 3.06. The van der Waals surface area contributed by atoms with Crippen LogP contribution in [0.1, 0.15) is 41.5 Å². The van der Waals surface area contributed by atoms with Crippen molar-refractivity contribution in [1.82, 2.24) is 4.31 Å². The molecule has 1 unspecified atom stereocenters. The molecule has 0 spiro atoms. The highest BCUT2D eigenvalue weighted by molar-refractivity contribution is 7.89. The minimum atomic E-state index is -3.72. The van der Waals surface area contributed by atoms with Crippen molar-refractivity contribution in [2.75, 3.05) is 6.54 Å². The number of hydrogen-bond donors (Lipinski definition) is 0. The highest BCUT2D eigenvalue weighted by atomic mass is 35.5. The van der Waals surface area contributed by atoms with E-state index in [1.165, 1.54) is 12.1 Å².